The third-order valence-corrected chi connectivity index (χ3v) is 4.11. The number of aryl methyl sites for hydroxylation is 1. The third kappa shape index (κ3) is 7.91. The van der Waals surface area contributed by atoms with E-state index in [2.05, 4.69) is 26.0 Å². The molecule has 0 unspecified atom stereocenters. The molecule has 0 saturated carbocycles. The predicted octanol–water partition coefficient (Wildman–Crippen LogP) is 2.86. The van der Waals surface area contributed by atoms with Crippen molar-refractivity contribution in [3.63, 3.8) is 0 Å². The van der Waals surface area contributed by atoms with Gasteiger partial charge in [0.05, 0.1) is 24.4 Å². The molecule has 2 N–H and O–H groups in total. The van der Waals surface area contributed by atoms with Gasteiger partial charge < -0.3 is 20.1 Å². The van der Waals surface area contributed by atoms with Gasteiger partial charge in [0.15, 0.2) is 5.96 Å². The van der Waals surface area contributed by atoms with Crippen molar-refractivity contribution in [3.05, 3.63) is 40.3 Å². The number of hydrogen-bond acceptors (Lipinski definition) is 5. The summed E-state index contributed by atoms with van der Waals surface area (Å²) in [5, 5.41) is 9.69. The predicted molar refractivity (Wildman–Crippen MR) is 114 cm³/mol. The maximum atomic E-state index is 5.67. The van der Waals surface area contributed by atoms with Crippen molar-refractivity contribution >= 4 is 41.3 Å². The molecule has 0 bridgehead atoms. The molecule has 8 heteroatoms. The molecule has 0 fully saturated rings. The summed E-state index contributed by atoms with van der Waals surface area (Å²) in [6.45, 7) is 4.03. The fraction of sp³-hybridized carbons (Fsp3) is 0.412. The van der Waals surface area contributed by atoms with Crippen molar-refractivity contribution in [1.29, 1.82) is 0 Å². The Bertz CT molecular complexity index is 646. The lowest BCUT2D eigenvalue weighted by Gasteiger charge is -2.12. The molecule has 1 aromatic carbocycles. The molecule has 6 nitrogen and oxygen atoms in total. The van der Waals surface area contributed by atoms with Gasteiger partial charge in [-0.05, 0) is 31.2 Å². The molecule has 0 radical (unpaired) electrons. The normalized spacial score (nSPS) is 10.8. The Balaban J connectivity index is 0.00000312. The summed E-state index contributed by atoms with van der Waals surface area (Å²) in [6, 6.07) is 7.54. The van der Waals surface area contributed by atoms with Gasteiger partial charge in [0.25, 0.3) is 0 Å². The van der Waals surface area contributed by atoms with E-state index in [1.807, 2.05) is 31.2 Å². The number of hydrogen-bond donors (Lipinski definition) is 2. The maximum absolute atomic E-state index is 5.67. The Morgan fingerprint density at radius 1 is 1.16 bits per heavy atom. The second kappa shape index (κ2) is 11.9. The maximum Gasteiger partial charge on any atom is 0.191 e. The molecule has 2 rings (SSSR count). The monoisotopic (exact) mass is 476 g/mol. The fourth-order valence-corrected chi connectivity index (χ4v) is 2.71. The molecule has 2 aromatic rings. The molecule has 0 aliphatic carbocycles. The zero-order valence-corrected chi connectivity index (χ0v) is 17.9. The van der Waals surface area contributed by atoms with Gasteiger partial charge >= 0.3 is 0 Å². The Labute approximate surface area is 170 Å². The Kier molecular flexibility index (Phi) is 10.2. The highest BCUT2D eigenvalue weighted by atomic mass is 127. The van der Waals surface area contributed by atoms with Crippen molar-refractivity contribution < 1.29 is 9.47 Å². The summed E-state index contributed by atoms with van der Waals surface area (Å²) in [5.41, 5.74) is 1.11. The van der Waals surface area contributed by atoms with Crippen LogP contribution < -0.4 is 20.1 Å². The molecule has 1 aromatic heterocycles. The van der Waals surface area contributed by atoms with E-state index >= 15 is 0 Å². The van der Waals surface area contributed by atoms with Crippen LogP contribution in [0.15, 0.2) is 34.6 Å². The largest absolute Gasteiger partial charge is 0.497 e. The highest BCUT2D eigenvalue weighted by Gasteiger charge is 2.01. The van der Waals surface area contributed by atoms with Crippen molar-refractivity contribution in [2.45, 2.75) is 13.3 Å². The summed E-state index contributed by atoms with van der Waals surface area (Å²) in [6.07, 6.45) is 0.882. The zero-order valence-electron chi connectivity index (χ0n) is 14.7. The highest BCUT2D eigenvalue weighted by Crippen LogP contribution is 2.16. The summed E-state index contributed by atoms with van der Waals surface area (Å²) < 4.78 is 10.8. The highest BCUT2D eigenvalue weighted by molar-refractivity contribution is 14.0. The second-order valence-corrected chi connectivity index (χ2v) is 6.12. The van der Waals surface area contributed by atoms with Gasteiger partial charge in [0.1, 0.15) is 18.1 Å². The van der Waals surface area contributed by atoms with Crippen LogP contribution in [0.25, 0.3) is 0 Å². The van der Waals surface area contributed by atoms with Crippen LogP contribution in [0.4, 0.5) is 0 Å². The van der Waals surface area contributed by atoms with Crippen molar-refractivity contribution in [1.82, 2.24) is 15.6 Å². The van der Waals surface area contributed by atoms with Gasteiger partial charge in [-0.15, -0.1) is 35.3 Å². The van der Waals surface area contributed by atoms with Gasteiger partial charge in [0.2, 0.25) is 0 Å². The number of ether oxygens (including phenoxy) is 2. The van der Waals surface area contributed by atoms with Crippen LogP contribution in [0.3, 0.4) is 0 Å². The number of nitrogens with one attached hydrogen (secondary N) is 2. The van der Waals surface area contributed by atoms with E-state index in [-0.39, 0.29) is 24.0 Å². The Morgan fingerprint density at radius 3 is 2.44 bits per heavy atom. The average molecular weight is 476 g/mol. The number of nitrogens with zero attached hydrogens (tertiary/aromatic N) is 2. The number of thiazole rings is 1. The number of methoxy groups -OCH3 is 1. The van der Waals surface area contributed by atoms with E-state index in [1.54, 1.807) is 25.5 Å². The van der Waals surface area contributed by atoms with E-state index in [9.17, 15) is 0 Å². The van der Waals surface area contributed by atoms with E-state index in [0.717, 1.165) is 41.1 Å². The van der Waals surface area contributed by atoms with Gasteiger partial charge in [-0.25, -0.2) is 4.98 Å². The molecule has 138 valence electrons. The molecule has 1 heterocycles. The molecule has 0 atom stereocenters. The van der Waals surface area contributed by atoms with Gasteiger partial charge in [-0.2, -0.15) is 0 Å². The van der Waals surface area contributed by atoms with E-state index in [1.165, 1.54) is 0 Å². The third-order valence-electron chi connectivity index (χ3n) is 3.29. The van der Waals surface area contributed by atoms with Crippen LogP contribution in [0.1, 0.15) is 10.7 Å². The lowest BCUT2D eigenvalue weighted by molar-refractivity contribution is 0.321. The smallest absolute Gasteiger partial charge is 0.191 e. The summed E-state index contributed by atoms with van der Waals surface area (Å²) in [7, 11) is 3.40. The minimum Gasteiger partial charge on any atom is -0.497 e. The first-order chi connectivity index (χ1) is 11.7. The average Bonchev–Trinajstić information content (AvgIpc) is 3.02. The fourth-order valence-electron chi connectivity index (χ4n) is 2.06. The minimum absolute atomic E-state index is 0. The molecule has 0 spiro atoms. The van der Waals surface area contributed by atoms with Gasteiger partial charge in [-0.3, -0.25) is 4.99 Å². The van der Waals surface area contributed by atoms with E-state index < -0.39 is 0 Å². The lowest BCUT2D eigenvalue weighted by Crippen LogP contribution is -2.40. The number of rotatable bonds is 8. The van der Waals surface area contributed by atoms with Gasteiger partial charge in [0, 0.05) is 25.4 Å². The number of aromatic nitrogens is 1. The van der Waals surface area contributed by atoms with E-state index in [4.69, 9.17) is 9.47 Å². The molecule has 0 saturated heterocycles. The molecule has 0 aliphatic heterocycles. The standard InChI is InChI=1S/C17H24N4O2S.HI/c1-13-21-14(12-24-13)8-9-19-17(18-2)20-10-11-23-16-6-4-15(22-3)5-7-16;/h4-7,12H,8-11H2,1-3H3,(H2,18,19,20);1H. The van der Waals surface area contributed by atoms with Crippen LogP contribution in [-0.2, 0) is 6.42 Å². The summed E-state index contributed by atoms with van der Waals surface area (Å²) in [5.74, 6) is 2.40. The molecule has 0 amide bonds. The number of aliphatic imine (C=N–C) groups is 1. The second-order valence-electron chi connectivity index (χ2n) is 5.06. The van der Waals surface area contributed by atoms with Crippen molar-refractivity contribution in [2.75, 3.05) is 33.9 Å². The van der Waals surface area contributed by atoms with Crippen LogP contribution in [0, 0.1) is 6.92 Å². The SMILES string of the molecule is CN=C(NCCOc1ccc(OC)cc1)NCCc1csc(C)n1.I. The Morgan fingerprint density at radius 2 is 1.84 bits per heavy atom. The number of halogens is 1. The molecular formula is C17H25IN4O2S. The van der Waals surface area contributed by atoms with Crippen molar-refractivity contribution in [3.8, 4) is 11.5 Å². The molecular weight excluding hydrogens is 451 g/mol. The summed E-state index contributed by atoms with van der Waals surface area (Å²) in [4.78, 5) is 8.64. The topological polar surface area (TPSA) is 67.8 Å². The number of guanidine groups is 1. The molecule has 25 heavy (non-hydrogen) atoms. The summed E-state index contributed by atoms with van der Waals surface area (Å²) >= 11 is 1.68. The van der Waals surface area contributed by atoms with Crippen molar-refractivity contribution in [2.24, 2.45) is 4.99 Å². The van der Waals surface area contributed by atoms with Crippen LogP contribution in [0.5, 0.6) is 11.5 Å². The Hall–Kier alpha value is -1.55. The van der Waals surface area contributed by atoms with Crippen LogP contribution >= 0.6 is 35.3 Å². The minimum atomic E-state index is 0. The number of benzene rings is 1. The first-order valence-corrected chi connectivity index (χ1v) is 8.71. The van der Waals surface area contributed by atoms with Crippen LogP contribution in [-0.4, -0.2) is 44.8 Å². The quantitative estimate of drug-likeness (QED) is 0.266. The van der Waals surface area contributed by atoms with Crippen LogP contribution in [0.2, 0.25) is 0 Å². The van der Waals surface area contributed by atoms with E-state index in [0.29, 0.717) is 13.2 Å². The zero-order chi connectivity index (χ0) is 17.2. The lowest BCUT2D eigenvalue weighted by atomic mass is 10.3. The van der Waals surface area contributed by atoms with Gasteiger partial charge in [-0.1, -0.05) is 0 Å². The first-order valence-electron chi connectivity index (χ1n) is 7.83. The molecule has 0 aliphatic rings. The first kappa shape index (κ1) is 21.5.